The molecule has 5 heteroatoms. The number of amides is 1. The fraction of sp³-hybridized carbons (Fsp3) is 0.545. The van der Waals surface area contributed by atoms with Crippen molar-refractivity contribution in [2.75, 3.05) is 6.54 Å². The first-order valence-corrected chi connectivity index (χ1v) is 5.27. The lowest BCUT2D eigenvalue weighted by atomic mass is 10.1. The normalized spacial score (nSPS) is 10.5. The summed E-state index contributed by atoms with van der Waals surface area (Å²) in [5.41, 5.74) is 0.521. The minimum absolute atomic E-state index is 0.0389. The summed E-state index contributed by atoms with van der Waals surface area (Å²) in [4.78, 5) is 22.9. The standard InChI is InChI=1S/C11H17N3O2/c1-8(2)4-11(16)12-6-10(15)9-5-13-14(3)7-9/h5,7-8H,4,6H2,1-3H3,(H,12,16). The van der Waals surface area contributed by atoms with E-state index in [0.717, 1.165) is 0 Å². The lowest BCUT2D eigenvalue weighted by molar-refractivity contribution is -0.121. The van der Waals surface area contributed by atoms with Crippen molar-refractivity contribution in [3.63, 3.8) is 0 Å². The fourth-order valence-electron chi connectivity index (χ4n) is 1.29. The van der Waals surface area contributed by atoms with Crippen LogP contribution in [0.1, 0.15) is 30.6 Å². The Bertz CT molecular complexity index is 382. The molecular formula is C11H17N3O2. The molecule has 0 bridgehead atoms. The van der Waals surface area contributed by atoms with E-state index in [9.17, 15) is 9.59 Å². The summed E-state index contributed by atoms with van der Waals surface area (Å²) in [6, 6.07) is 0. The second kappa shape index (κ2) is 5.44. The molecule has 0 saturated carbocycles. The van der Waals surface area contributed by atoms with Gasteiger partial charge in [0, 0.05) is 19.7 Å². The first kappa shape index (κ1) is 12.4. The lowest BCUT2D eigenvalue weighted by Gasteiger charge is -2.05. The Morgan fingerprint density at radius 2 is 2.19 bits per heavy atom. The van der Waals surface area contributed by atoms with Crippen molar-refractivity contribution < 1.29 is 9.59 Å². The molecule has 1 amide bonds. The Morgan fingerprint density at radius 3 is 2.69 bits per heavy atom. The molecule has 1 rings (SSSR count). The number of rotatable bonds is 5. The smallest absolute Gasteiger partial charge is 0.220 e. The van der Waals surface area contributed by atoms with E-state index in [4.69, 9.17) is 0 Å². The molecule has 88 valence electrons. The number of nitrogens with one attached hydrogen (secondary N) is 1. The van der Waals surface area contributed by atoms with Crippen LogP contribution in [0, 0.1) is 5.92 Å². The van der Waals surface area contributed by atoms with Crippen molar-refractivity contribution in [2.45, 2.75) is 20.3 Å². The highest BCUT2D eigenvalue weighted by Gasteiger charge is 2.10. The quantitative estimate of drug-likeness (QED) is 0.750. The van der Waals surface area contributed by atoms with Gasteiger partial charge in [-0.05, 0) is 5.92 Å². The second-order valence-corrected chi connectivity index (χ2v) is 4.20. The van der Waals surface area contributed by atoms with E-state index in [1.54, 1.807) is 17.9 Å². The SMILES string of the molecule is CC(C)CC(=O)NCC(=O)c1cnn(C)c1. The van der Waals surface area contributed by atoms with Crippen LogP contribution in [0.5, 0.6) is 0 Å². The minimum Gasteiger partial charge on any atom is -0.349 e. The molecule has 0 aliphatic carbocycles. The van der Waals surface area contributed by atoms with Gasteiger partial charge in [-0.3, -0.25) is 14.3 Å². The summed E-state index contributed by atoms with van der Waals surface area (Å²) >= 11 is 0. The summed E-state index contributed by atoms with van der Waals surface area (Å²) < 4.78 is 1.56. The number of hydrogen-bond acceptors (Lipinski definition) is 3. The third-order valence-electron chi connectivity index (χ3n) is 2.07. The molecule has 0 aliphatic rings. The van der Waals surface area contributed by atoms with Crippen LogP contribution in [-0.2, 0) is 11.8 Å². The van der Waals surface area contributed by atoms with E-state index in [1.807, 2.05) is 13.8 Å². The number of ketones is 1. The molecule has 0 fully saturated rings. The molecule has 1 N–H and O–H groups in total. The molecular weight excluding hydrogens is 206 g/mol. The Morgan fingerprint density at radius 1 is 1.50 bits per heavy atom. The molecule has 0 radical (unpaired) electrons. The third kappa shape index (κ3) is 3.84. The summed E-state index contributed by atoms with van der Waals surface area (Å²) in [5, 5.41) is 6.49. The van der Waals surface area contributed by atoms with E-state index in [2.05, 4.69) is 10.4 Å². The molecule has 0 unspecified atom stereocenters. The van der Waals surface area contributed by atoms with Gasteiger partial charge in [0.05, 0.1) is 18.3 Å². The Hall–Kier alpha value is -1.65. The van der Waals surface area contributed by atoms with Crippen LogP contribution >= 0.6 is 0 Å². The van der Waals surface area contributed by atoms with Crippen molar-refractivity contribution in [3.05, 3.63) is 18.0 Å². The first-order valence-electron chi connectivity index (χ1n) is 5.27. The number of Topliss-reactive ketones (excluding diaryl/α,β-unsaturated/α-hetero) is 1. The summed E-state index contributed by atoms with van der Waals surface area (Å²) in [6.45, 7) is 3.96. The van der Waals surface area contributed by atoms with Crippen molar-refractivity contribution in [1.82, 2.24) is 15.1 Å². The van der Waals surface area contributed by atoms with Gasteiger partial charge in [-0.2, -0.15) is 5.10 Å². The van der Waals surface area contributed by atoms with Gasteiger partial charge in [0.1, 0.15) is 0 Å². The largest absolute Gasteiger partial charge is 0.349 e. The van der Waals surface area contributed by atoms with Gasteiger partial charge in [0.15, 0.2) is 5.78 Å². The highest BCUT2D eigenvalue weighted by molar-refractivity contribution is 5.98. The third-order valence-corrected chi connectivity index (χ3v) is 2.07. The van der Waals surface area contributed by atoms with Gasteiger partial charge in [-0.1, -0.05) is 13.8 Å². The molecule has 0 aliphatic heterocycles. The summed E-state index contributed by atoms with van der Waals surface area (Å²) in [6.07, 6.45) is 3.58. The van der Waals surface area contributed by atoms with Gasteiger partial charge < -0.3 is 5.32 Å². The molecule has 1 aromatic rings. The van der Waals surface area contributed by atoms with E-state index in [1.165, 1.54) is 6.20 Å². The van der Waals surface area contributed by atoms with Crippen LogP contribution < -0.4 is 5.32 Å². The highest BCUT2D eigenvalue weighted by Crippen LogP contribution is 1.99. The number of carbonyl (C=O) groups is 2. The zero-order chi connectivity index (χ0) is 12.1. The highest BCUT2D eigenvalue weighted by atomic mass is 16.2. The predicted octanol–water partition coefficient (Wildman–Crippen LogP) is 0.765. The van der Waals surface area contributed by atoms with E-state index in [-0.39, 0.29) is 18.2 Å². The van der Waals surface area contributed by atoms with Crippen LogP contribution in [-0.4, -0.2) is 28.0 Å². The van der Waals surface area contributed by atoms with Gasteiger partial charge in [0.2, 0.25) is 5.91 Å². The monoisotopic (exact) mass is 223 g/mol. The summed E-state index contributed by atoms with van der Waals surface area (Å²) in [5.74, 6) is 0.0888. The van der Waals surface area contributed by atoms with E-state index < -0.39 is 0 Å². The topological polar surface area (TPSA) is 64.0 Å². The molecule has 0 aromatic carbocycles. The van der Waals surface area contributed by atoms with Crippen molar-refractivity contribution in [2.24, 2.45) is 13.0 Å². The van der Waals surface area contributed by atoms with Gasteiger partial charge in [-0.15, -0.1) is 0 Å². The number of aromatic nitrogens is 2. The Labute approximate surface area is 94.8 Å². The average molecular weight is 223 g/mol. The number of hydrogen-bond donors (Lipinski definition) is 1. The molecule has 1 heterocycles. The van der Waals surface area contributed by atoms with Crippen LogP contribution in [0.4, 0.5) is 0 Å². The number of carbonyl (C=O) groups excluding carboxylic acids is 2. The average Bonchev–Trinajstić information content (AvgIpc) is 2.60. The van der Waals surface area contributed by atoms with Gasteiger partial charge >= 0.3 is 0 Å². The van der Waals surface area contributed by atoms with Crippen LogP contribution in [0.3, 0.4) is 0 Å². The lowest BCUT2D eigenvalue weighted by Crippen LogP contribution is -2.30. The molecule has 0 spiro atoms. The molecule has 0 saturated heterocycles. The van der Waals surface area contributed by atoms with Crippen molar-refractivity contribution in [3.8, 4) is 0 Å². The molecule has 1 aromatic heterocycles. The predicted molar refractivity (Wildman–Crippen MR) is 60.0 cm³/mol. The zero-order valence-electron chi connectivity index (χ0n) is 9.86. The van der Waals surface area contributed by atoms with Gasteiger partial charge in [-0.25, -0.2) is 0 Å². The molecule has 5 nitrogen and oxygen atoms in total. The zero-order valence-corrected chi connectivity index (χ0v) is 9.86. The maximum atomic E-state index is 11.6. The van der Waals surface area contributed by atoms with E-state index >= 15 is 0 Å². The Balaban J connectivity index is 2.38. The minimum atomic E-state index is -0.120. The number of nitrogens with zero attached hydrogens (tertiary/aromatic N) is 2. The molecule has 16 heavy (non-hydrogen) atoms. The second-order valence-electron chi connectivity index (χ2n) is 4.20. The Kier molecular flexibility index (Phi) is 4.22. The van der Waals surface area contributed by atoms with Crippen molar-refractivity contribution >= 4 is 11.7 Å². The van der Waals surface area contributed by atoms with Gasteiger partial charge in [0.25, 0.3) is 0 Å². The molecule has 0 atom stereocenters. The van der Waals surface area contributed by atoms with Crippen molar-refractivity contribution in [1.29, 1.82) is 0 Å². The number of aryl methyl sites for hydroxylation is 1. The van der Waals surface area contributed by atoms with Crippen LogP contribution in [0.25, 0.3) is 0 Å². The first-order chi connectivity index (χ1) is 7.49. The van der Waals surface area contributed by atoms with E-state index in [0.29, 0.717) is 17.9 Å². The fourth-order valence-corrected chi connectivity index (χ4v) is 1.29. The maximum Gasteiger partial charge on any atom is 0.220 e. The maximum absolute atomic E-state index is 11.6. The van der Waals surface area contributed by atoms with Crippen LogP contribution in [0.2, 0.25) is 0 Å². The van der Waals surface area contributed by atoms with Crippen LogP contribution in [0.15, 0.2) is 12.4 Å². The summed E-state index contributed by atoms with van der Waals surface area (Å²) in [7, 11) is 1.74.